The Balaban J connectivity index is 1.80. The van der Waals surface area contributed by atoms with E-state index in [0.717, 1.165) is 30.5 Å². The van der Waals surface area contributed by atoms with Gasteiger partial charge in [0.25, 0.3) is 0 Å². The van der Waals surface area contributed by atoms with Crippen LogP contribution in [-0.2, 0) is 6.42 Å². The van der Waals surface area contributed by atoms with Gasteiger partial charge in [-0.15, -0.1) is 0 Å². The van der Waals surface area contributed by atoms with Crippen molar-refractivity contribution in [3.05, 3.63) is 35.9 Å². The third-order valence-electron chi connectivity index (χ3n) is 3.22. The monoisotopic (exact) mass is 229 g/mol. The number of benzene rings is 1. The van der Waals surface area contributed by atoms with Gasteiger partial charge in [0.15, 0.2) is 0 Å². The van der Waals surface area contributed by atoms with Crippen molar-refractivity contribution in [3.63, 3.8) is 0 Å². The highest BCUT2D eigenvalue weighted by molar-refractivity contribution is 5.62. The molecule has 4 nitrogen and oxygen atoms in total. The van der Waals surface area contributed by atoms with E-state index in [9.17, 15) is 5.11 Å². The number of nitrogens with two attached hydrogens (primary N) is 1. The predicted molar refractivity (Wildman–Crippen MR) is 66.3 cm³/mol. The van der Waals surface area contributed by atoms with Gasteiger partial charge < -0.3 is 10.8 Å². The fourth-order valence-electron chi connectivity index (χ4n) is 1.99. The Labute approximate surface area is 99.5 Å². The van der Waals surface area contributed by atoms with Crippen LogP contribution in [0.2, 0.25) is 0 Å². The molecule has 1 aromatic carbocycles. The van der Waals surface area contributed by atoms with Crippen LogP contribution in [0.25, 0.3) is 11.3 Å². The summed E-state index contributed by atoms with van der Waals surface area (Å²) in [5.74, 6) is 0.497. The van der Waals surface area contributed by atoms with Crippen LogP contribution in [0.5, 0.6) is 0 Å². The Hall–Kier alpha value is -1.81. The minimum atomic E-state index is -0.431. The zero-order valence-electron chi connectivity index (χ0n) is 9.48. The number of H-pyrrole nitrogens is 1. The number of aromatic nitrogens is 2. The maximum absolute atomic E-state index is 9.84. The van der Waals surface area contributed by atoms with Crippen LogP contribution in [0.15, 0.2) is 30.3 Å². The summed E-state index contributed by atoms with van der Waals surface area (Å²) in [6.45, 7) is 0. The molecule has 4 heteroatoms. The van der Waals surface area contributed by atoms with Crippen molar-refractivity contribution in [2.45, 2.75) is 24.9 Å². The molecule has 0 radical (unpaired) electrons. The first-order chi connectivity index (χ1) is 8.15. The van der Waals surface area contributed by atoms with Gasteiger partial charge >= 0.3 is 0 Å². The highest BCUT2D eigenvalue weighted by atomic mass is 16.3. The molecule has 3 rings (SSSR count). The zero-order valence-corrected chi connectivity index (χ0v) is 9.48. The van der Waals surface area contributed by atoms with Gasteiger partial charge in [-0.2, -0.15) is 5.10 Å². The normalized spacial score (nSPS) is 17.0. The number of hydrogen-bond donors (Lipinski definition) is 3. The molecule has 0 amide bonds. The van der Waals surface area contributed by atoms with Crippen LogP contribution in [0, 0.1) is 0 Å². The van der Waals surface area contributed by atoms with Gasteiger partial charge in [-0.1, -0.05) is 24.3 Å². The van der Waals surface area contributed by atoms with Gasteiger partial charge in [0.1, 0.15) is 5.82 Å². The number of rotatable bonds is 3. The Morgan fingerprint density at radius 2 is 2.00 bits per heavy atom. The van der Waals surface area contributed by atoms with E-state index in [2.05, 4.69) is 10.2 Å². The second-order valence-electron chi connectivity index (χ2n) is 4.80. The van der Waals surface area contributed by atoms with Crippen molar-refractivity contribution in [3.8, 4) is 11.3 Å². The van der Waals surface area contributed by atoms with E-state index in [4.69, 9.17) is 5.73 Å². The molecule has 1 aromatic heterocycles. The van der Waals surface area contributed by atoms with Gasteiger partial charge in [0, 0.05) is 12.5 Å². The summed E-state index contributed by atoms with van der Waals surface area (Å²) in [7, 11) is 0. The van der Waals surface area contributed by atoms with Crippen LogP contribution >= 0.6 is 0 Å². The van der Waals surface area contributed by atoms with Crippen molar-refractivity contribution in [2.24, 2.45) is 0 Å². The largest absolute Gasteiger partial charge is 0.390 e. The highest BCUT2D eigenvalue weighted by Crippen LogP contribution is 2.38. The van der Waals surface area contributed by atoms with Gasteiger partial charge in [-0.05, 0) is 24.0 Å². The molecule has 1 aliphatic rings. The lowest BCUT2D eigenvalue weighted by atomic mass is 10.0. The van der Waals surface area contributed by atoms with Crippen molar-refractivity contribution >= 4 is 5.82 Å². The lowest BCUT2D eigenvalue weighted by Crippen LogP contribution is -2.10. The average Bonchev–Trinajstić information content (AvgIpc) is 2.87. The van der Waals surface area contributed by atoms with Crippen LogP contribution < -0.4 is 5.73 Å². The molecule has 1 heterocycles. The Bertz CT molecular complexity index is 526. The fraction of sp³-hybridized carbons (Fsp3) is 0.308. The van der Waals surface area contributed by atoms with E-state index in [1.807, 2.05) is 30.3 Å². The minimum absolute atomic E-state index is 0.431. The minimum Gasteiger partial charge on any atom is -0.390 e. The maximum atomic E-state index is 9.84. The molecule has 1 saturated carbocycles. The summed E-state index contributed by atoms with van der Waals surface area (Å²) in [5, 5.41) is 16.6. The van der Waals surface area contributed by atoms with Gasteiger partial charge in [0.05, 0.1) is 11.3 Å². The Morgan fingerprint density at radius 3 is 2.53 bits per heavy atom. The van der Waals surface area contributed by atoms with Gasteiger partial charge in [-0.25, -0.2) is 0 Å². The Morgan fingerprint density at radius 1 is 1.29 bits per heavy atom. The van der Waals surface area contributed by atoms with E-state index < -0.39 is 5.60 Å². The molecule has 0 saturated heterocycles. The first kappa shape index (κ1) is 10.4. The van der Waals surface area contributed by atoms with E-state index >= 15 is 0 Å². The van der Waals surface area contributed by atoms with Crippen molar-refractivity contribution < 1.29 is 5.11 Å². The standard InChI is InChI=1S/C13H15N3O/c14-12-7-11(15-16-12)10-3-1-9(2-4-10)8-13(17)5-6-13/h1-4,7,17H,5-6,8H2,(H3,14,15,16). The molecule has 4 N–H and O–H groups in total. The van der Waals surface area contributed by atoms with Crippen LogP contribution in [-0.4, -0.2) is 20.9 Å². The SMILES string of the molecule is Nc1cc(-c2ccc(CC3(O)CC3)cc2)[nH]n1. The predicted octanol–water partition coefficient (Wildman–Crippen LogP) is 1.73. The van der Waals surface area contributed by atoms with E-state index in [-0.39, 0.29) is 0 Å². The van der Waals surface area contributed by atoms with Gasteiger partial charge in [0.2, 0.25) is 0 Å². The number of nitrogen functional groups attached to an aromatic ring is 1. The lowest BCUT2D eigenvalue weighted by molar-refractivity contribution is 0.151. The van der Waals surface area contributed by atoms with Crippen LogP contribution in [0.3, 0.4) is 0 Å². The highest BCUT2D eigenvalue weighted by Gasteiger charge is 2.39. The van der Waals surface area contributed by atoms with Crippen molar-refractivity contribution in [1.82, 2.24) is 10.2 Å². The van der Waals surface area contributed by atoms with Gasteiger partial charge in [-0.3, -0.25) is 5.10 Å². The zero-order chi connectivity index (χ0) is 11.9. The first-order valence-corrected chi connectivity index (χ1v) is 5.77. The summed E-state index contributed by atoms with van der Waals surface area (Å²) in [5.41, 5.74) is 8.27. The molecule has 0 unspecified atom stereocenters. The molecule has 17 heavy (non-hydrogen) atoms. The molecule has 0 atom stereocenters. The average molecular weight is 229 g/mol. The number of nitrogens with one attached hydrogen (secondary N) is 1. The second kappa shape index (κ2) is 3.60. The second-order valence-corrected chi connectivity index (χ2v) is 4.80. The molecule has 88 valence electrons. The molecular formula is C13H15N3O. The van der Waals surface area contributed by atoms with Crippen molar-refractivity contribution in [2.75, 3.05) is 5.73 Å². The van der Waals surface area contributed by atoms with E-state index in [1.165, 1.54) is 5.56 Å². The summed E-state index contributed by atoms with van der Waals surface area (Å²) < 4.78 is 0. The van der Waals surface area contributed by atoms with Crippen LogP contribution in [0.4, 0.5) is 5.82 Å². The summed E-state index contributed by atoms with van der Waals surface area (Å²) in [6, 6.07) is 9.94. The summed E-state index contributed by atoms with van der Waals surface area (Å²) in [6.07, 6.45) is 2.59. The van der Waals surface area contributed by atoms with E-state index in [1.54, 1.807) is 0 Å². The number of aromatic amines is 1. The molecule has 0 bridgehead atoms. The van der Waals surface area contributed by atoms with Crippen molar-refractivity contribution in [1.29, 1.82) is 0 Å². The fourth-order valence-corrected chi connectivity index (χ4v) is 1.99. The third-order valence-corrected chi connectivity index (χ3v) is 3.22. The smallest absolute Gasteiger partial charge is 0.145 e. The number of hydrogen-bond acceptors (Lipinski definition) is 3. The number of nitrogens with zero attached hydrogens (tertiary/aromatic N) is 1. The topological polar surface area (TPSA) is 74.9 Å². The summed E-state index contributed by atoms with van der Waals surface area (Å²) in [4.78, 5) is 0. The molecule has 0 spiro atoms. The Kier molecular flexibility index (Phi) is 2.19. The summed E-state index contributed by atoms with van der Waals surface area (Å²) >= 11 is 0. The first-order valence-electron chi connectivity index (χ1n) is 5.77. The quantitative estimate of drug-likeness (QED) is 0.750. The number of aliphatic hydroxyl groups is 1. The molecule has 2 aromatic rings. The van der Waals surface area contributed by atoms with E-state index in [0.29, 0.717) is 5.82 Å². The molecule has 1 aliphatic carbocycles. The van der Waals surface area contributed by atoms with Crippen LogP contribution in [0.1, 0.15) is 18.4 Å². The molecular weight excluding hydrogens is 214 g/mol. The molecule has 1 fully saturated rings. The number of anilines is 1. The maximum Gasteiger partial charge on any atom is 0.145 e. The third kappa shape index (κ3) is 2.17. The lowest BCUT2D eigenvalue weighted by Gasteiger charge is -2.07. The molecule has 0 aliphatic heterocycles.